The van der Waals surface area contributed by atoms with Gasteiger partial charge < -0.3 is 9.84 Å². The van der Waals surface area contributed by atoms with E-state index in [-0.39, 0.29) is 18.9 Å². The zero-order valence-electron chi connectivity index (χ0n) is 11.7. The number of carbonyl (C=O) groups excluding carboxylic acids is 1. The molecule has 0 saturated heterocycles. The maximum Gasteiger partial charge on any atom is 0.356 e. The van der Waals surface area contributed by atoms with Crippen LogP contribution in [0.3, 0.4) is 0 Å². The number of benzene rings is 1. The number of ether oxygens (including phenoxy) is 1. The average Bonchev–Trinajstić information content (AvgIpc) is 2.54. The van der Waals surface area contributed by atoms with Gasteiger partial charge in [-0.25, -0.2) is 9.78 Å². The summed E-state index contributed by atoms with van der Waals surface area (Å²) in [6.45, 7) is 1.76. The summed E-state index contributed by atoms with van der Waals surface area (Å²) in [5.41, 5.74) is 3.04. The van der Waals surface area contributed by atoms with Crippen LogP contribution in [0.4, 0.5) is 0 Å². The number of esters is 1. The van der Waals surface area contributed by atoms with E-state index in [2.05, 4.69) is 10.9 Å². The van der Waals surface area contributed by atoms with Gasteiger partial charge in [0.2, 0.25) is 0 Å². The van der Waals surface area contributed by atoms with Crippen LogP contribution in [-0.2, 0) is 11.3 Å². The monoisotopic (exact) mass is 281 g/mol. The predicted octanol–water partition coefficient (Wildman–Crippen LogP) is 2.40. The van der Waals surface area contributed by atoms with Crippen molar-refractivity contribution in [3.05, 3.63) is 53.3 Å². The van der Waals surface area contributed by atoms with E-state index < -0.39 is 5.97 Å². The summed E-state index contributed by atoms with van der Waals surface area (Å²) in [4.78, 5) is 15.9. The second-order valence-corrected chi connectivity index (χ2v) is 4.33. The molecule has 1 aromatic heterocycles. The van der Waals surface area contributed by atoms with Crippen LogP contribution in [0.15, 0.2) is 36.4 Å². The molecular formula is C17H15NO3. The summed E-state index contributed by atoms with van der Waals surface area (Å²) in [5, 5.41) is 9.29. The summed E-state index contributed by atoms with van der Waals surface area (Å²) in [6.07, 6.45) is 5.33. The van der Waals surface area contributed by atoms with Gasteiger partial charge in [0.25, 0.3) is 0 Å². The van der Waals surface area contributed by atoms with Crippen LogP contribution in [0, 0.1) is 12.3 Å². The molecule has 2 aromatic rings. The second-order valence-electron chi connectivity index (χ2n) is 4.33. The highest BCUT2D eigenvalue weighted by Gasteiger charge is 2.12. The van der Waals surface area contributed by atoms with E-state index in [0.717, 1.165) is 16.7 Å². The standard InChI is InChI=1S/C17H15NO3/c1-3-12-5-7-13(8-6-12)14-9-15(11-19)18-16(10-14)17(20)21-4-2/h1,5-10,19H,4,11H2,2H3. The van der Waals surface area contributed by atoms with Crippen molar-refractivity contribution in [2.75, 3.05) is 6.61 Å². The Balaban J connectivity index is 2.44. The van der Waals surface area contributed by atoms with E-state index >= 15 is 0 Å². The lowest BCUT2D eigenvalue weighted by molar-refractivity contribution is 0.0519. The van der Waals surface area contributed by atoms with Gasteiger partial charge in [0.05, 0.1) is 18.9 Å². The molecule has 4 nitrogen and oxygen atoms in total. The predicted molar refractivity (Wildman–Crippen MR) is 79.5 cm³/mol. The van der Waals surface area contributed by atoms with E-state index in [1.54, 1.807) is 19.1 Å². The van der Waals surface area contributed by atoms with Crippen LogP contribution < -0.4 is 0 Å². The molecule has 0 saturated carbocycles. The third kappa shape index (κ3) is 3.47. The van der Waals surface area contributed by atoms with Crippen LogP contribution in [0.5, 0.6) is 0 Å². The zero-order valence-corrected chi connectivity index (χ0v) is 11.7. The van der Waals surface area contributed by atoms with Crippen molar-refractivity contribution < 1.29 is 14.6 Å². The molecule has 4 heteroatoms. The molecule has 1 aromatic carbocycles. The lowest BCUT2D eigenvalue weighted by Gasteiger charge is -2.08. The number of nitrogens with zero attached hydrogens (tertiary/aromatic N) is 1. The molecule has 0 radical (unpaired) electrons. The highest BCUT2D eigenvalue weighted by atomic mass is 16.5. The molecule has 0 aliphatic heterocycles. The van der Waals surface area contributed by atoms with E-state index in [4.69, 9.17) is 11.2 Å². The molecule has 0 bridgehead atoms. The fourth-order valence-corrected chi connectivity index (χ4v) is 1.90. The number of hydrogen-bond donors (Lipinski definition) is 1. The molecule has 1 N–H and O–H groups in total. The van der Waals surface area contributed by atoms with Gasteiger partial charge in [-0.15, -0.1) is 6.42 Å². The highest BCUT2D eigenvalue weighted by molar-refractivity contribution is 5.89. The molecule has 1 heterocycles. The van der Waals surface area contributed by atoms with Gasteiger partial charge in [0.15, 0.2) is 0 Å². The summed E-state index contributed by atoms with van der Waals surface area (Å²) in [5.74, 6) is 2.04. The molecule has 0 aliphatic rings. The Morgan fingerprint density at radius 1 is 1.29 bits per heavy atom. The fourth-order valence-electron chi connectivity index (χ4n) is 1.90. The van der Waals surface area contributed by atoms with Crippen LogP contribution in [0.25, 0.3) is 11.1 Å². The molecule has 106 valence electrons. The average molecular weight is 281 g/mol. The summed E-state index contributed by atoms with van der Waals surface area (Å²) >= 11 is 0. The first kappa shape index (κ1) is 14.8. The van der Waals surface area contributed by atoms with Crippen molar-refractivity contribution in [1.82, 2.24) is 4.98 Å². The van der Waals surface area contributed by atoms with Gasteiger partial charge >= 0.3 is 5.97 Å². The molecule has 0 amide bonds. The first-order valence-corrected chi connectivity index (χ1v) is 6.54. The Hall–Kier alpha value is -2.64. The Morgan fingerprint density at radius 3 is 2.57 bits per heavy atom. The van der Waals surface area contributed by atoms with Crippen molar-refractivity contribution in [1.29, 1.82) is 0 Å². The van der Waals surface area contributed by atoms with Gasteiger partial charge in [-0.1, -0.05) is 18.1 Å². The summed E-state index contributed by atoms with van der Waals surface area (Å²) in [7, 11) is 0. The summed E-state index contributed by atoms with van der Waals surface area (Å²) < 4.78 is 4.95. The minimum atomic E-state index is -0.505. The number of hydrogen-bond acceptors (Lipinski definition) is 4. The molecule has 21 heavy (non-hydrogen) atoms. The summed E-state index contributed by atoms with van der Waals surface area (Å²) in [6, 6.07) is 10.7. The lowest BCUT2D eigenvalue weighted by atomic mass is 10.0. The van der Waals surface area contributed by atoms with E-state index in [1.807, 2.05) is 24.3 Å². The van der Waals surface area contributed by atoms with Crippen LogP contribution in [-0.4, -0.2) is 22.7 Å². The maximum atomic E-state index is 11.8. The molecule has 2 rings (SSSR count). The SMILES string of the molecule is C#Cc1ccc(-c2cc(CO)nc(C(=O)OCC)c2)cc1. The van der Waals surface area contributed by atoms with Crippen LogP contribution >= 0.6 is 0 Å². The van der Waals surface area contributed by atoms with E-state index in [0.29, 0.717) is 5.69 Å². The second kappa shape index (κ2) is 6.69. The number of aromatic nitrogens is 1. The molecule has 0 unspecified atom stereocenters. The number of carbonyl (C=O) groups is 1. The Kier molecular flexibility index (Phi) is 4.70. The van der Waals surface area contributed by atoms with Gasteiger partial charge in [-0.05, 0) is 42.3 Å². The number of rotatable bonds is 4. The van der Waals surface area contributed by atoms with E-state index in [1.165, 1.54) is 0 Å². The van der Waals surface area contributed by atoms with Crippen molar-refractivity contribution in [2.24, 2.45) is 0 Å². The van der Waals surface area contributed by atoms with Crippen LogP contribution in [0.2, 0.25) is 0 Å². The Bertz CT molecular complexity index is 684. The third-order valence-corrected chi connectivity index (χ3v) is 2.91. The first-order chi connectivity index (χ1) is 10.2. The largest absolute Gasteiger partial charge is 0.461 e. The van der Waals surface area contributed by atoms with Crippen molar-refractivity contribution in [3.63, 3.8) is 0 Å². The van der Waals surface area contributed by atoms with Gasteiger partial charge in [0, 0.05) is 5.56 Å². The molecular weight excluding hydrogens is 266 g/mol. The smallest absolute Gasteiger partial charge is 0.356 e. The topological polar surface area (TPSA) is 59.4 Å². The fraction of sp³-hybridized carbons (Fsp3) is 0.176. The minimum absolute atomic E-state index is 0.180. The Labute approximate surface area is 123 Å². The highest BCUT2D eigenvalue weighted by Crippen LogP contribution is 2.22. The zero-order chi connectivity index (χ0) is 15.2. The third-order valence-electron chi connectivity index (χ3n) is 2.91. The molecule has 0 spiro atoms. The van der Waals surface area contributed by atoms with Crippen molar-refractivity contribution >= 4 is 5.97 Å². The quantitative estimate of drug-likeness (QED) is 0.690. The van der Waals surface area contributed by atoms with Crippen LogP contribution in [0.1, 0.15) is 28.7 Å². The Morgan fingerprint density at radius 2 is 2.00 bits per heavy atom. The number of aliphatic hydroxyl groups is 1. The number of terminal acetylenes is 1. The van der Waals surface area contributed by atoms with Gasteiger partial charge in [0.1, 0.15) is 5.69 Å². The van der Waals surface area contributed by atoms with Gasteiger partial charge in [-0.3, -0.25) is 0 Å². The van der Waals surface area contributed by atoms with Crippen molar-refractivity contribution in [3.8, 4) is 23.5 Å². The first-order valence-electron chi connectivity index (χ1n) is 6.54. The minimum Gasteiger partial charge on any atom is -0.461 e. The van der Waals surface area contributed by atoms with E-state index in [9.17, 15) is 9.90 Å². The van der Waals surface area contributed by atoms with Gasteiger partial charge in [-0.2, -0.15) is 0 Å². The lowest BCUT2D eigenvalue weighted by Crippen LogP contribution is -2.09. The molecule has 0 fully saturated rings. The normalized spacial score (nSPS) is 9.95. The number of aliphatic hydroxyl groups excluding tert-OH is 1. The van der Waals surface area contributed by atoms with Crippen molar-refractivity contribution in [2.45, 2.75) is 13.5 Å². The molecule has 0 atom stereocenters. The molecule has 0 aliphatic carbocycles. The number of pyridine rings is 1. The maximum absolute atomic E-state index is 11.8.